The number of carbonyl (C=O) groups excluding carboxylic acids is 4. The Balaban J connectivity index is 1.44. The molecule has 0 fully saturated rings. The Morgan fingerprint density at radius 2 is 1.53 bits per heavy atom. The summed E-state index contributed by atoms with van der Waals surface area (Å²) in [5.41, 5.74) is 2.86. The minimum Gasteiger partial charge on any atom is -0.454 e. The fourth-order valence-corrected chi connectivity index (χ4v) is 4.27. The molecule has 0 spiro atoms. The third-order valence-electron chi connectivity index (χ3n) is 5.93. The van der Waals surface area contributed by atoms with Gasteiger partial charge in [-0.15, -0.1) is 0 Å². The fraction of sp³-hybridized carbons (Fsp3) is 0.360. The van der Waals surface area contributed by atoms with E-state index in [1.165, 1.54) is 5.56 Å². The molecular weight excluding hydrogens is 408 g/mol. The van der Waals surface area contributed by atoms with Crippen LogP contribution in [0.1, 0.15) is 52.1 Å². The summed E-state index contributed by atoms with van der Waals surface area (Å²) in [7, 11) is 0. The van der Waals surface area contributed by atoms with Crippen LogP contribution in [0.5, 0.6) is 0 Å². The topological polar surface area (TPSA) is 84.0 Å². The molecule has 2 aromatic rings. The number of benzene rings is 2. The average Bonchev–Trinajstić information content (AvgIpc) is 3.05. The van der Waals surface area contributed by atoms with Crippen LogP contribution in [0.4, 0.5) is 0 Å². The lowest BCUT2D eigenvalue weighted by atomic mass is 10.00. The molecule has 2 aromatic carbocycles. The second kappa shape index (κ2) is 8.94. The highest BCUT2D eigenvalue weighted by Crippen LogP contribution is 2.27. The average molecular weight is 434 g/mol. The van der Waals surface area contributed by atoms with Crippen LogP contribution in [0.3, 0.4) is 0 Å². The van der Waals surface area contributed by atoms with Gasteiger partial charge in [0.05, 0.1) is 11.1 Å². The Morgan fingerprint density at radius 1 is 0.938 bits per heavy atom. The third kappa shape index (κ3) is 4.15. The summed E-state index contributed by atoms with van der Waals surface area (Å²) in [5, 5.41) is 0. The zero-order chi connectivity index (χ0) is 22.8. The van der Waals surface area contributed by atoms with Gasteiger partial charge in [-0.1, -0.05) is 50.2 Å². The minimum absolute atomic E-state index is 0.0335. The lowest BCUT2D eigenvalue weighted by Crippen LogP contribution is -2.47. The van der Waals surface area contributed by atoms with Crippen LogP contribution in [0, 0.1) is 5.92 Å². The zero-order valence-corrected chi connectivity index (χ0v) is 18.2. The number of hydrogen-bond acceptors (Lipinski definition) is 5. The fourth-order valence-electron chi connectivity index (χ4n) is 4.27. The van der Waals surface area contributed by atoms with E-state index in [2.05, 4.69) is 6.07 Å². The molecule has 0 radical (unpaired) electrons. The van der Waals surface area contributed by atoms with Gasteiger partial charge < -0.3 is 9.64 Å². The largest absolute Gasteiger partial charge is 0.454 e. The van der Waals surface area contributed by atoms with E-state index < -0.39 is 30.4 Å². The lowest BCUT2D eigenvalue weighted by molar-refractivity contribution is -0.156. The van der Waals surface area contributed by atoms with Crippen molar-refractivity contribution in [2.45, 2.75) is 39.3 Å². The molecule has 0 unspecified atom stereocenters. The monoisotopic (exact) mass is 434 g/mol. The van der Waals surface area contributed by atoms with E-state index in [0.717, 1.165) is 16.9 Å². The van der Waals surface area contributed by atoms with Gasteiger partial charge in [-0.25, -0.2) is 4.79 Å². The Morgan fingerprint density at radius 3 is 2.16 bits per heavy atom. The van der Waals surface area contributed by atoms with E-state index in [-0.39, 0.29) is 29.4 Å². The lowest BCUT2D eigenvalue weighted by Gasteiger charge is -2.29. The smallest absolute Gasteiger partial charge is 0.329 e. The predicted octanol–water partition coefficient (Wildman–Crippen LogP) is 2.83. The van der Waals surface area contributed by atoms with E-state index in [9.17, 15) is 19.2 Å². The highest BCUT2D eigenvalue weighted by Gasteiger charge is 2.43. The summed E-state index contributed by atoms with van der Waals surface area (Å²) >= 11 is 0. The first kappa shape index (κ1) is 21.7. The number of esters is 1. The van der Waals surface area contributed by atoms with Gasteiger partial charge in [0.25, 0.3) is 17.7 Å². The molecule has 32 heavy (non-hydrogen) atoms. The molecule has 3 amide bonds. The van der Waals surface area contributed by atoms with Crippen molar-refractivity contribution in [3.8, 4) is 0 Å². The minimum atomic E-state index is -1.07. The number of hydrogen-bond donors (Lipinski definition) is 0. The van der Waals surface area contributed by atoms with Crippen LogP contribution in [0.15, 0.2) is 48.5 Å². The number of carbonyl (C=O) groups is 4. The van der Waals surface area contributed by atoms with Crippen molar-refractivity contribution >= 4 is 23.7 Å². The highest BCUT2D eigenvalue weighted by atomic mass is 16.5. The molecule has 2 aliphatic rings. The number of fused-ring (bicyclic) bond motifs is 2. The van der Waals surface area contributed by atoms with Crippen LogP contribution in [0.25, 0.3) is 0 Å². The first-order valence-corrected chi connectivity index (χ1v) is 10.8. The van der Waals surface area contributed by atoms with E-state index in [1.807, 2.05) is 32.0 Å². The van der Waals surface area contributed by atoms with Crippen LogP contribution in [0.2, 0.25) is 0 Å². The SMILES string of the molecule is CC(C)C[C@H](C(=O)OCC(=O)N1CCc2ccccc2C1)N1C(=O)c2ccccc2C1=O. The van der Waals surface area contributed by atoms with E-state index in [1.54, 1.807) is 29.2 Å². The number of imide groups is 1. The maximum absolute atomic E-state index is 13.0. The summed E-state index contributed by atoms with van der Waals surface area (Å²) in [5.74, 6) is -2.01. The number of ether oxygens (including phenoxy) is 1. The Labute approximate surface area is 187 Å². The highest BCUT2D eigenvalue weighted by molar-refractivity contribution is 6.22. The Bertz CT molecular complexity index is 1040. The molecule has 0 bridgehead atoms. The molecule has 2 heterocycles. The van der Waals surface area contributed by atoms with Gasteiger partial charge in [-0.2, -0.15) is 0 Å². The summed E-state index contributed by atoms with van der Waals surface area (Å²) in [6.07, 6.45) is 1.01. The second-order valence-electron chi connectivity index (χ2n) is 8.61. The molecule has 0 aromatic heterocycles. The van der Waals surface area contributed by atoms with E-state index >= 15 is 0 Å². The van der Waals surface area contributed by atoms with Crippen LogP contribution >= 0.6 is 0 Å². The van der Waals surface area contributed by atoms with E-state index in [4.69, 9.17) is 4.74 Å². The van der Waals surface area contributed by atoms with Gasteiger partial charge in [0.1, 0.15) is 6.04 Å². The molecule has 0 aliphatic carbocycles. The van der Waals surface area contributed by atoms with Crippen LogP contribution in [-0.4, -0.2) is 52.7 Å². The first-order chi connectivity index (χ1) is 15.4. The maximum Gasteiger partial charge on any atom is 0.329 e. The van der Waals surface area contributed by atoms with Crippen LogP contribution < -0.4 is 0 Å². The summed E-state index contributed by atoms with van der Waals surface area (Å²) in [6, 6.07) is 13.4. The second-order valence-corrected chi connectivity index (χ2v) is 8.61. The summed E-state index contributed by atoms with van der Waals surface area (Å²) in [4.78, 5) is 54.0. The predicted molar refractivity (Wildman–Crippen MR) is 117 cm³/mol. The standard InChI is InChI=1S/C25H26N2O5/c1-16(2)13-21(27-23(29)19-9-5-6-10-20(19)24(27)30)25(31)32-15-22(28)26-12-11-17-7-3-4-8-18(17)14-26/h3-10,16,21H,11-15H2,1-2H3/t21-/m1/s1. The van der Waals surface area contributed by atoms with Crippen molar-refractivity contribution in [2.24, 2.45) is 5.92 Å². The van der Waals surface area contributed by atoms with Gasteiger partial charge in [0.2, 0.25) is 0 Å². The maximum atomic E-state index is 13.0. The van der Waals surface area contributed by atoms with Crippen molar-refractivity contribution in [1.29, 1.82) is 0 Å². The van der Waals surface area contributed by atoms with Crippen molar-refractivity contribution < 1.29 is 23.9 Å². The summed E-state index contributed by atoms with van der Waals surface area (Å²) < 4.78 is 5.34. The van der Waals surface area contributed by atoms with Gasteiger partial charge in [0, 0.05) is 13.1 Å². The van der Waals surface area contributed by atoms with E-state index in [0.29, 0.717) is 13.1 Å². The number of rotatable bonds is 6. The first-order valence-electron chi connectivity index (χ1n) is 10.8. The third-order valence-corrected chi connectivity index (χ3v) is 5.93. The Kier molecular flexibility index (Phi) is 6.08. The molecule has 0 saturated carbocycles. The van der Waals surface area contributed by atoms with Crippen molar-refractivity contribution in [1.82, 2.24) is 9.80 Å². The molecule has 2 aliphatic heterocycles. The molecule has 166 valence electrons. The number of nitrogens with zero attached hydrogens (tertiary/aromatic N) is 2. The molecule has 1 atom stereocenters. The Hall–Kier alpha value is -3.48. The van der Waals surface area contributed by atoms with Crippen LogP contribution in [-0.2, 0) is 27.3 Å². The number of amides is 3. The quantitative estimate of drug-likeness (QED) is 0.516. The molecule has 0 N–H and O–H groups in total. The van der Waals surface area contributed by atoms with Gasteiger partial charge in [0.15, 0.2) is 6.61 Å². The van der Waals surface area contributed by atoms with Gasteiger partial charge in [-0.3, -0.25) is 19.3 Å². The van der Waals surface area contributed by atoms with Crippen molar-refractivity contribution in [3.63, 3.8) is 0 Å². The molecule has 0 saturated heterocycles. The van der Waals surface area contributed by atoms with Crippen molar-refractivity contribution in [2.75, 3.05) is 13.2 Å². The van der Waals surface area contributed by atoms with Gasteiger partial charge in [-0.05, 0) is 42.0 Å². The zero-order valence-electron chi connectivity index (χ0n) is 18.2. The normalized spacial score (nSPS) is 16.1. The van der Waals surface area contributed by atoms with Gasteiger partial charge >= 0.3 is 5.97 Å². The summed E-state index contributed by atoms with van der Waals surface area (Å²) in [6.45, 7) is 4.41. The molecular formula is C25H26N2O5. The molecule has 7 nitrogen and oxygen atoms in total. The van der Waals surface area contributed by atoms with Crippen molar-refractivity contribution in [3.05, 3.63) is 70.8 Å². The molecule has 4 rings (SSSR count). The molecule has 7 heteroatoms.